The molecule has 0 bridgehead atoms. The van der Waals surface area contributed by atoms with Gasteiger partial charge in [-0.15, -0.1) is 0 Å². The third-order valence-electron chi connectivity index (χ3n) is 4.26. The summed E-state index contributed by atoms with van der Waals surface area (Å²) in [7, 11) is 1.48. The fourth-order valence-corrected chi connectivity index (χ4v) is 2.97. The van der Waals surface area contributed by atoms with Crippen LogP contribution in [0.1, 0.15) is 22.3 Å². The van der Waals surface area contributed by atoms with Crippen LogP contribution in [0, 0.1) is 0 Å². The van der Waals surface area contributed by atoms with Gasteiger partial charge >= 0.3 is 0 Å². The van der Waals surface area contributed by atoms with Crippen molar-refractivity contribution in [1.29, 1.82) is 0 Å². The van der Waals surface area contributed by atoms with Crippen molar-refractivity contribution in [3.63, 3.8) is 0 Å². The topological polar surface area (TPSA) is 78.9 Å². The molecule has 2 amide bonds. The summed E-state index contributed by atoms with van der Waals surface area (Å²) in [4.78, 5) is 26.4. The van der Waals surface area contributed by atoms with Crippen molar-refractivity contribution < 1.29 is 19.4 Å². The summed E-state index contributed by atoms with van der Waals surface area (Å²) in [5.74, 6) is -0.407. The first-order valence-electron chi connectivity index (χ1n) is 8.13. The third kappa shape index (κ3) is 3.57. The van der Waals surface area contributed by atoms with Crippen LogP contribution in [0.4, 0.5) is 5.69 Å². The number of aromatic hydroxyl groups is 1. The number of rotatable bonds is 4. The van der Waals surface area contributed by atoms with E-state index in [-0.39, 0.29) is 23.8 Å². The Bertz CT molecular complexity index is 804. The van der Waals surface area contributed by atoms with Crippen LogP contribution >= 0.6 is 0 Å². The molecule has 6 heteroatoms. The smallest absolute Gasteiger partial charge is 0.255 e. The fourth-order valence-electron chi connectivity index (χ4n) is 2.97. The standard InChI is InChI=1S/C19H20N2O4/c1-25-14-8-9-15(17(22)11-14)19(24)20-12-18(23)21-10-4-6-13-5-2-3-7-16(13)21/h2-3,5,7-9,11,22H,4,6,10,12H2,1H3,(H,20,24). The van der Waals surface area contributed by atoms with E-state index in [1.165, 1.54) is 19.2 Å². The molecule has 2 aromatic rings. The number of aryl methyl sites for hydroxylation is 1. The predicted octanol–water partition coefficient (Wildman–Crippen LogP) is 2.11. The summed E-state index contributed by atoms with van der Waals surface area (Å²) in [6, 6.07) is 12.2. The fraction of sp³-hybridized carbons (Fsp3) is 0.263. The van der Waals surface area contributed by atoms with Crippen LogP contribution in [0.2, 0.25) is 0 Å². The van der Waals surface area contributed by atoms with Gasteiger partial charge in [0.1, 0.15) is 11.5 Å². The average Bonchev–Trinajstić information content (AvgIpc) is 2.65. The lowest BCUT2D eigenvalue weighted by molar-refractivity contribution is -0.117. The molecule has 130 valence electrons. The van der Waals surface area contributed by atoms with E-state index in [1.807, 2.05) is 24.3 Å². The minimum absolute atomic E-state index is 0.104. The van der Waals surface area contributed by atoms with Gasteiger partial charge in [0, 0.05) is 18.3 Å². The van der Waals surface area contributed by atoms with Crippen LogP contribution in [-0.4, -0.2) is 37.1 Å². The number of methoxy groups -OCH3 is 1. The van der Waals surface area contributed by atoms with Gasteiger partial charge in [0.05, 0.1) is 19.2 Å². The van der Waals surface area contributed by atoms with Crippen LogP contribution in [0.25, 0.3) is 0 Å². The average molecular weight is 340 g/mol. The summed E-state index contributed by atoms with van der Waals surface area (Å²) in [5, 5.41) is 12.5. The molecule has 1 aliphatic rings. The van der Waals surface area contributed by atoms with Crippen molar-refractivity contribution in [2.24, 2.45) is 0 Å². The Morgan fingerprint density at radius 2 is 2.04 bits per heavy atom. The lowest BCUT2D eigenvalue weighted by Gasteiger charge is -2.29. The SMILES string of the molecule is COc1ccc(C(=O)NCC(=O)N2CCCc3ccccc32)c(O)c1. The number of para-hydroxylation sites is 1. The number of carbonyl (C=O) groups is 2. The lowest BCUT2D eigenvalue weighted by Crippen LogP contribution is -2.42. The third-order valence-corrected chi connectivity index (χ3v) is 4.26. The summed E-state index contributed by atoms with van der Waals surface area (Å²) in [6.07, 6.45) is 1.85. The Kier molecular flexibility index (Phi) is 4.88. The van der Waals surface area contributed by atoms with Gasteiger partial charge in [-0.2, -0.15) is 0 Å². The molecule has 0 spiro atoms. The van der Waals surface area contributed by atoms with Crippen molar-refractivity contribution in [3.05, 3.63) is 53.6 Å². The number of phenolic OH excluding ortho intramolecular Hbond substituents is 1. The zero-order chi connectivity index (χ0) is 17.8. The molecule has 1 heterocycles. The van der Waals surface area contributed by atoms with Gasteiger partial charge in [0.2, 0.25) is 5.91 Å². The molecule has 1 aliphatic heterocycles. The van der Waals surface area contributed by atoms with Crippen molar-refractivity contribution in [2.45, 2.75) is 12.8 Å². The normalized spacial score (nSPS) is 13.1. The zero-order valence-corrected chi connectivity index (χ0v) is 14.0. The Hall–Kier alpha value is -3.02. The molecule has 0 aliphatic carbocycles. The molecule has 0 saturated carbocycles. The number of nitrogens with zero attached hydrogens (tertiary/aromatic N) is 1. The second kappa shape index (κ2) is 7.25. The van der Waals surface area contributed by atoms with Gasteiger partial charge in [0.25, 0.3) is 5.91 Å². The number of hydrogen-bond acceptors (Lipinski definition) is 4. The number of benzene rings is 2. The highest BCUT2D eigenvalue weighted by Gasteiger charge is 2.22. The number of fused-ring (bicyclic) bond motifs is 1. The molecule has 2 N–H and O–H groups in total. The van der Waals surface area contributed by atoms with Gasteiger partial charge < -0.3 is 20.1 Å². The number of amides is 2. The molecule has 0 aromatic heterocycles. The number of nitrogens with one attached hydrogen (secondary N) is 1. The van der Waals surface area contributed by atoms with Crippen LogP contribution < -0.4 is 15.0 Å². The molecule has 0 radical (unpaired) electrons. The highest BCUT2D eigenvalue weighted by atomic mass is 16.5. The first kappa shape index (κ1) is 16.8. The van der Waals surface area contributed by atoms with Crippen LogP contribution in [-0.2, 0) is 11.2 Å². The molecule has 6 nitrogen and oxygen atoms in total. The highest BCUT2D eigenvalue weighted by molar-refractivity contribution is 6.02. The van der Waals surface area contributed by atoms with Crippen molar-refractivity contribution >= 4 is 17.5 Å². The predicted molar refractivity (Wildman–Crippen MR) is 94.1 cm³/mol. The van der Waals surface area contributed by atoms with E-state index >= 15 is 0 Å². The van der Waals surface area contributed by atoms with Gasteiger partial charge in [-0.1, -0.05) is 18.2 Å². The van der Waals surface area contributed by atoms with E-state index in [9.17, 15) is 14.7 Å². The number of phenols is 1. The quantitative estimate of drug-likeness (QED) is 0.893. The van der Waals surface area contributed by atoms with Crippen LogP contribution in [0.15, 0.2) is 42.5 Å². The molecule has 3 rings (SSSR count). The number of anilines is 1. The van der Waals surface area contributed by atoms with Crippen molar-refractivity contribution in [2.75, 3.05) is 25.1 Å². The zero-order valence-electron chi connectivity index (χ0n) is 14.0. The Labute approximate surface area is 146 Å². The lowest BCUT2D eigenvalue weighted by atomic mass is 10.0. The maximum absolute atomic E-state index is 12.5. The second-order valence-electron chi connectivity index (χ2n) is 5.84. The molecule has 2 aromatic carbocycles. The van der Waals surface area contributed by atoms with Gasteiger partial charge in [-0.05, 0) is 36.6 Å². The van der Waals surface area contributed by atoms with E-state index in [4.69, 9.17) is 4.74 Å². The summed E-state index contributed by atoms with van der Waals surface area (Å²) in [5.41, 5.74) is 2.15. The monoisotopic (exact) mass is 340 g/mol. The van der Waals surface area contributed by atoms with E-state index in [2.05, 4.69) is 5.32 Å². The van der Waals surface area contributed by atoms with Crippen molar-refractivity contribution in [1.82, 2.24) is 5.32 Å². The molecular weight excluding hydrogens is 320 g/mol. The van der Waals surface area contributed by atoms with Crippen LogP contribution in [0.3, 0.4) is 0 Å². The van der Waals surface area contributed by atoms with Crippen molar-refractivity contribution in [3.8, 4) is 11.5 Å². The second-order valence-corrected chi connectivity index (χ2v) is 5.84. The van der Waals surface area contributed by atoms with Gasteiger partial charge in [-0.25, -0.2) is 0 Å². The van der Waals surface area contributed by atoms with E-state index < -0.39 is 5.91 Å². The maximum atomic E-state index is 12.5. The van der Waals surface area contributed by atoms with Gasteiger partial charge in [-0.3, -0.25) is 9.59 Å². The van der Waals surface area contributed by atoms with Gasteiger partial charge in [0.15, 0.2) is 0 Å². The largest absolute Gasteiger partial charge is 0.507 e. The van der Waals surface area contributed by atoms with E-state index in [1.54, 1.807) is 11.0 Å². The molecule has 0 atom stereocenters. The first-order valence-corrected chi connectivity index (χ1v) is 8.13. The van der Waals surface area contributed by atoms with E-state index in [0.717, 1.165) is 24.1 Å². The summed E-state index contributed by atoms with van der Waals surface area (Å²) in [6.45, 7) is 0.512. The Morgan fingerprint density at radius 1 is 1.24 bits per heavy atom. The summed E-state index contributed by atoms with van der Waals surface area (Å²) < 4.78 is 4.99. The molecular formula is C19H20N2O4. The molecule has 0 saturated heterocycles. The number of hydrogen-bond donors (Lipinski definition) is 2. The minimum Gasteiger partial charge on any atom is -0.507 e. The van der Waals surface area contributed by atoms with Crippen LogP contribution in [0.5, 0.6) is 11.5 Å². The molecule has 25 heavy (non-hydrogen) atoms. The minimum atomic E-state index is -0.501. The molecule has 0 unspecified atom stereocenters. The maximum Gasteiger partial charge on any atom is 0.255 e. The number of carbonyl (C=O) groups excluding carboxylic acids is 2. The Balaban J connectivity index is 1.66. The summed E-state index contributed by atoms with van der Waals surface area (Å²) >= 11 is 0. The first-order chi connectivity index (χ1) is 12.1. The van der Waals surface area contributed by atoms with E-state index in [0.29, 0.717) is 12.3 Å². The Morgan fingerprint density at radius 3 is 2.80 bits per heavy atom. The number of ether oxygens (including phenoxy) is 1. The molecule has 0 fully saturated rings. The highest BCUT2D eigenvalue weighted by Crippen LogP contribution is 2.27.